The number of aromatic nitrogens is 1. The molecule has 0 aliphatic carbocycles. The second kappa shape index (κ2) is 7.48. The first kappa shape index (κ1) is 18.1. The maximum Gasteiger partial charge on any atom is 0.264 e. The van der Waals surface area contributed by atoms with Crippen molar-refractivity contribution in [2.75, 3.05) is 26.2 Å². The topological polar surface area (TPSA) is 80.8 Å². The van der Waals surface area contributed by atoms with E-state index in [1.807, 2.05) is 29.2 Å². The first-order valence-corrected chi connectivity index (χ1v) is 10.0. The van der Waals surface area contributed by atoms with Crippen molar-refractivity contribution in [2.45, 2.75) is 18.6 Å². The molecular weight excluding hydrogens is 370 g/mol. The molecule has 0 saturated carbocycles. The van der Waals surface area contributed by atoms with Gasteiger partial charge in [0.1, 0.15) is 5.75 Å². The van der Waals surface area contributed by atoms with E-state index in [9.17, 15) is 9.59 Å². The summed E-state index contributed by atoms with van der Waals surface area (Å²) in [5.74, 6) is 1.15. The third-order valence-electron chi connectivity index (χ3n) is 6.14. The number of hydrogen-bond donors (Lipinski definition) is 1. The largest absolute Gasteiger partial charge is 0.480 e. The number of hydrogen-bond acceptors (Lipinski definition) is 5. The number of pyridine rings is 1. The second-order valence-electron chi connectivity index (χ2n) is 7.90. The van der Waals surface area contributed by atoms with Crippen molar-refractivity contribution in [3.8, 4) is 5.75 Å². The van der Waals surface area contributed by atoms with Crippen LogP contribution >= 0.6 is 0 Å². The molecule has 1 aromatic carbocycles. The molecule has 4 heterocycles. The lowest BCUT2D eigenvalue weighted by Crippen LogP contribution is -2.41. The molecule has 150 valence electrons. The normalized spacial score (nSPS) is 27.2. The lowest BCUT2D eigenvalue weighted by atomic mass is 9.93. The fourth-order valence-corrected chi connectivity index (χ4v) is 4.54. The number of para-hydroxylation sites is 1. The van der Waals surface area contributed by atoms with Crippen LogP contribution in [0.15, 0.2) is 48.8 Å². The van der Waals surface area contributed by atoms with Crippen LogP contribution in [-0.2, 0) is 16.0 Å². The number of carbonyl (C=O) groups is 2. The first-order valence-electron chi connectivity index (χ1n) is 10.0. The van der Waals surface area contributed by atoms with Crippen molar-refractivity contribution in [3.63, 3.8) is 0 Å². The van der Waals surface area contributed by atoms with Gasteiger partial charge in [0.05, 0.1) is 12.7 Å². The zero-order valence-electron chi connectivity index (χ0n) is 16.0. The van der Waals surface area contributed by atoms with Crippen LogP contribution in [0.25, 0.3) is 0 Å². The summed E-state index contributed by atoms with van der Waals surface area (Å²) < 4.78 is 11.8. The molecule has 2 amide bonds. The highest BCUT2D eigenvalue weighted by Crippen LogP contribution is 2.35. The number of fused-ring (bicyclic) bond motifs is 2. The van der Waals surface area contributed by atoms with Crippen LogP contribution in [0.1, 0.15) is 15.9 Å². The quantitative estimate of drug-likeness (QED) is 0.847. The van der Waals surface area contributed by atoms with Gasteiger partial charge >= 0.3 is 0 Å². The number of amides is 2. The van der Waals surface area contributed by atoms with Gasteiger partial charge in [-0.25, -0.2) is 0 Å². The lowest BCUT2D eigenvalue weighted by molar-refractivity contribution is -0.137. The summed E-state index contributed by atoms with van der Waals surface area (Å²) >= 11 is 0. The summed E-state index contributed by atoms with van der Waals surface area (Å²) in [6.07, 6.45) is 3.41. The number of ether oxygens (including phenoxy) is 2. The van der Waals surface area contributed by atoms with Gasteiger partial charge < -0.3 is 19.7 Å². The summed E-state index contributed by atoms with van der Waals surface area (Å²) in [4.78, 5) is 31.1. The molecule has 4 atom stereocenters. The van der Waals surface area contributed by atoms with Crippen LogP contribution < -0.4 is 10.1 Å². The van der Waals surface area contributed by atoms with Crippen LogP contribution in [0.3, 0.4) is 0 Å². The minimum Gasteiger partial charge on any atom is -0.480 e. The van der Waals surface area contributed by atoms with E-state index in [2.05, 4.69) is 10.3 Å². The standard InChI is InChI=1S/C22H23N3O4/c26-21(14-5-7-23-8-6-14)24-10-16-13-28-20-12-25(11-17(16)20)22(27)19-9-15-3-1-2-4-18(15)29-19/h1-8,16-17,19-20H,9-13H2,(H,24,26)/t16-,17+,19?,20+/m0/s1. The molecule has 2 aromatic rings. The molecule has 1 aromatic heterocycles. The number of likely N-dealkylation sites (tertiary alicyclic amines) is 1. The Morgan fingerprint density at radius 1 is 1.14 bits per heavy atom. The Kier molecular flexibility index (Phi) is 4.67. The lowest BCUT2D eigenvalue weighted by Gasteiger charge is -2.22. The zero-order valence-corrected chi connectivity index (χ0v) is 16.0. The highest BCUT2D eigenvalue weighted by Gasteiger charge is 2.47. The van der Waals surface area contributed by atoms with E-state index in [0.29, 0.717) is 38.2 Å². The summed E-state index contributed by atoms with van der Waals surface area (Å²) in [5, 5.41) is 2.99. The van der Waals surface area contributed by atoms with E-state index < -0.39 is 6.10 Å². The number of rotatable bonds is 4. The third kappa shape index (κ3) is 3.46. The minimum atomic E-state index is -0.448. The number of nitrogens with one attached hydrogen (secondary N) is 1. The van der Waals surface area contributed by atoms with Crippen LogP contribution in [0.5, 0.6) is 5.75 Å². The number of carbonyl (C=O) groups excluding carboxylic acids is 2. The second-order valence-corrected chi connectivity index (χ2v) is 7.90. The van der Waals surface area contributed by atoms with Crippen LogP contribution in [-0.4, -0.2) is 60.1 Å². The first-order chi connectivity index (χ1) is 14.2. The Hall–Kier alpha value is -2.93. The molecule has 5 rings (SSSR count). The Bertz CT molecular complexity index is 894. The summed E-state index contributed by atoms with van der Waals surface area (Å²) in [7, 11) is 0. The Balaban J connectivity index is 1.17. The molecule has 1 unspecified atom stereocenters. The molecule has 2 saturated heterocycles. The van der Waals surface area contributed by atoms with Crippen LogP contribution in [0, 0.1) is 11.8 Å². The number of nitrogens with zero attached hydrogens (tertiary/aromatic N) is 2. The van der Waals surface area contributed by atoms with Gasteiger partial charge in [-0.15, -0.1) is 0 Å². The average molecular weight is 393 g/mol. The zero-order chi connectivity index (χ0) is 19.8. The van der Waals surface area contributed by atoms with Crippen molar-refractivity contribution in [2.24, 2.45) is 11.8 Å². The minimum absolute atomic E-state index is 0.0266. The van der Waals surface area contributed by atoms with E-state index in [1.54, 1.807) is 24.5 Å². The molecule has 1 N–H and O–H groups in total. The van der Waals surface area contributed by atoms with Crippen molar-refractivity contribution in [1.82, 2.24) is 15.2 Å². The van der Waals surface area contributed by atoms with Gasteiger partial charge in [0, 0.05) is 55.8 Å². The van der Waals surface area contributed by atoms with Crippen LogP contribution in [0.2, 0.25) is 0 Å². The summed E-state index contributed by atoms with van der Waals surface area (Å²) in [5.41, 5.74) is 1.68. The van der Waals surface area contributed by atoms with Crippen molar-refractivity contribution < 1.29 is 19.1 Å². The predicted octanol–water partition coefficient (Wildman–Crippen LogP) is 1.29. The molecule has 3 aliphatic heterocycles. The van der Waals surface area contributed by atoms with Crippen molar-refractivity contribution in [3.05, 3.63) is 59.9 Å². The Morgan fingerprint density at radius 2 is 1.97 bits per heavy atom. The maximum atomic E-state index is 13.0. The van der Waals surface area contributed by atoms with Gasteiger partial charge in [-0.2, -0.15) is 0 Å². The predicted molar refractivity (Wildman–Crippen MR) is 104 cm³/mol. The summed E-state index contributed by atoms with van der Waals surface area (Å²) in [6.45, 7) is 2.39. The molecule has 7 heteroatoms. The maximum absolute atomic E-state index is 13.0. The SMILES string of the molecule is O=C(NC[C@H]1CO[C@@H]2CN(C(=O)C3Cc4ccccc4O3)C[C@H]12)c1ccncc1. The third-order valence-corrected chi connectivity index (χ3v) is 6.14. The average Bonchev–Trinajstić information content (AvgIpc) is 3.46. The van der Waals surface area contributed by atoms with Gasteiger partial charge in [0.2, 0.25) is 0 Å². The fourth-order valence-electron chi connectivity index (χ4n) is 4.54. The highest BCUT2D eigenvalue weighted by atomic mass is 16.5. The van der Waals surface area contributed by atoms with Crippen molar-refractivity contribution >= 4 is 11.8 Å². The van der Waals surface area contributed by atoms with Gasteiger partial charge in [-0.05, 0) is 23.8 Å². The van der Waals surface area contributed by atoms with Gasteiger partial charge in [-0.3, -0.25) is 14.6 Å². The van der Waals surface area contributed by atoms with E-state index in [0.717, 1.165) is 11.3 Å². The highest BCUT2D eigenvalue weighted by molar-refractivity contribution is 5.93. The molecule has 0 spiro atoms. The molecular formula is C22H23N3O4. The summed E-state index contributed by atoms with van der Waals surface area (Å²) in [6, 6.07) is 11.2. The van der Waals surface area contributed by atoms with E-state index in [1.165, 1.54) is 0 Å². The monoisotopic (exact) mass is 393 g/mol. The van der Waals surface area contributed by atoms with E-state index in [-0.39, 0.29) is 29.8 Å². The van der Waals surface area contributed by atoms with Gasteiger partial charge in [-0.1, -0.05) is 18.2 Å². The molecule has 0 radical (unpaired) electrons. The van der Waals surface area contributed by atoms with Gasteiger partial charge in [0.15, 0.2) is 6.10 Å². The van der Waals surface area contributed by atoms with E-state index >= 15 is 0 Å². The Morgan fingerprint density at radius 3 is 2.79 bits per heavy atom. The smallest absolute Gasteiger partial charge is 0.264 e. The molecule has 29 heavy (non-hydrogen) atoms. The van der Waals surface area contributed by atoms with Gasteiger partial charge in [0.25, 0.3) is 11.8 Å². The molecule has 0 bridgehead atoms. The molecule has 7 nitrogen and oxygen atoms in total. The molecule has 2 fully saturated rings. The number of benzene rings is 1. The Labute approximate surface area is 169 Å². The molecule has 3 aliphatic rings. The van der Waals surface area contributed by atoms with Crippen LogP contribution in [0.4, 0.5) is 0 Å². The van der Waals surface area contributed by atoms with Crippen molar-refractivity contribution in [1.29, 1.82) is 0 Å². The fraction of sp³-hybridized carbons (Fsp3) is 0.409. The van der Waals surface area contributed by atoms with E-state index in [4.69, 9.17) is 9.47 Å².